The largest absolute Gasteiger partial charge is 0.478 e. The highest BCUT2D eigenvalue weighted by Crippen LogP contribution is 2.28. The molecular weight excluding hydrogens is 264 g/mol. The van der Waals surface area contributed by atoms with Gasteiger partial charge in [0.1, 0.15) is 5.56 Å². The van der Waals surface area contributed by atoms with Crippen LogP contribution in [0.1, 0.15) is 62.3 Å². The van der Waals surface area contributed by atoms with E-state index in [4.69, 9.17) is 0 Å². The Kier molecular flexibility index (Phi) is 6.19. The SMILES string of the molecule is CCC(CC)N(CC(C)C)c1cc(C)nc(C)c1C(=O)O. The highest BCUT2D eigenvalue weighted by molar-refractivity contribution is 5.95. The molecule has 1 heterocycles. The lowest BCUT2D eigenvalue weighted by atomic mass is 10.0. The minimum atomic E-state index is -0.894. The molecule has 0 radical (unpaired) electrons. The maximum Gasteiger partial charge on any atom is 0.339 e. The van der Waals surface area contributed by atoms with E-state index in [-0.39, 0.29) is 0 Å². The highest BCUT2D eigenvalue weighted by Gasteiger charge is 2.24. The Hall–Kier alpha value is -1.58. The average molecular weight is 292 g/mol. The van der Waals surface area contributed by atoms with Gasteiger partial charge in [0.15, 0.2) is 0 Å². The molecule has 4 nitrogen and oxygen atoms in total. The summed E-state index contributed by atoms with van der Waals surface area (Å²) in [5, 5.41) is 9.58. The van der Waals surface area contributed by atoms with E-state index < -0.39 is 5.97 Å². The third-order valence-electron chi connectivity index (χ3n) is 3.78. The normalized spacial score (nSPS) is 11.2. The first-order chi connectivity index (χ1) is 9.81. The standard InChI is InChI=1S/C17H28N2O2/c1-7-14(8-2)19(10-11(3)4)15-9-12(5)18-13(6)16(15)17(20)21/h9,11,14H,7-8,10H2,1-6H3,(H,20,21). The zero-order valence-corrected chi connectivity index (χ0v) is 14.1. The summed E-state index contributed by atoms with van der Waals surface area (Å²) >= 11 is 0. The number of pyridine rings is 1. The molecule has 0 fully saturated rings. The molecular formula is C17H28N2O2. The summed E-state index contributed by atoms with van der Waals surface area (Å²) in [5.41, 5.74) is 2.62. The Morgan fingerprint density at radius 1 is 1.29 bits per heavy atom. The zero-order chi connectivity index (χ0) is 16.2. The molecule has 0 aromatic carbocycles. The van der Waals surface area contributed by atoms with Crippen LogP contribution in [0.5, 0.6) is 0 Å². The number of anilines is 1. The Balaban J connectivity index is 3.44. The van der Waals surface area contributed by atoms with Crippen molar-refractivity contribution in [3.63, 3.8) is 0 Å². The second-order valence-electron chi connectivity index (χ2n) is 6.06. The lowest BCUT2D eigenvalue weighted by molar-refractivity contribution is 0.0696. The smallest absolute Gasteiger partial charge is 0.339 e. The van der Waals surface area contributed by atoms with Gasteiger partial charge >= 0.3 is 5.97 Å². The fourth-order valence-electron chi connectivity index (χ4n) is 2.87. The molecule has 0 spiro atoms. The van der Waals surface area contributed by atoms with E-state index in [1.165, 1.54) is 0 Å². The predicted molar refractivity (Wildman–Crippen MR) is 87.2 cm³/mol. The first-order valence-electron chi connectivity index (χ1n) is 7.79. The van der Waals surface area contributed by atoms with Crippen molar-refractivity contribution in [3.05, 3.63) is 23.0 Å². The molecule has 0 bridgehead atoms. The molecule has 118 valence electrons. The van der Waals surface area contributed by atoms with Gasteiger partial charge in [0.05, 0.1) is 11.4 Å². The van der Waals surface area contributed by atoms with Crippen LogP contribution in [-0.2, 0) is 0 Å². The van der Waals surface area contributed by atoms with Crippen molar-refractivity contribution in [1.29, 1.82) is 0 Å². The van der Waals surface area contributed by atoms with E-state index >= 15 is 0 Å². The van der Waals surface area contributed by atoms with Crippen LogP contribution in [0.4, 0.5) is 5.69 Å². The predicted octanol–water partition coefficient (Wildman–Crippen LogP) is 4.05. The molecule has 1 rings (SSSR count). The molecule has 0 saturated heterocycles. The third-order valence-corrected chi connectivity index (χ3v) is 3.78. The van der Waals surface area contributed by atoms with Gasteiger partial charge in [0.2, 0.25) is 0 Å². The van der Waals surface area contributed by atoms with Crippen LogP contribution < -0.4 is 4.90 Å². The van der Waals surface area contributed by atoms with E-state index in [0.717, 1.165) is 30.8 Å². The number of carbonyl (C=O) groups is 1. The summed E-state index contributed by atoms with van der Waals surface area (Å²) in [6.45, 7) is 13.2. The maximum absolute atomic E-state index is 11.7. The summed E-state index contributed by atoms with van der Waals surface area (Å²) < 4.78 is 0. The van der Waals surface area contributed by atoms with E-state index in [2.05, 4.69) is 37.6 Å². The number of aryl methyl sites for hydroxylation is 2. The monoisotopic (exact) mass is 292 g/mol. The van der Waals surface area contributed by atoms with Gasteiger partial charge in [-0.25, -0.2) is 4.79 Å². The van der Waals surface area contributed by atoms with Gasteiger partial charge in [0, 0.05) is 18.3 Å². The second-order valence-corrected chi connectivity index (χ2v) is 6.06. The fourth-order valence-corrected chi connectivity index (χ4v) is 2.87. The minimum absolute atomic E-state index is 0.341. The van der Waals surface area contributed by atoms with Crippen molar-refractivity contribution in [2.75, 3.05) is 11.4 Å². The van der Waals surface area contributed by atoms with Gasteiger partial charge in [-0.05, 0) is 38.7 Å². The van der Waals surface area contributed by atoms with Crippen molar-refractivity contribution in [2.24, 2.45) is 5.92 Å². The highest BCUT2D eigenvalue weighted by atomic mass is 16.4. The van der Waals surface area contributed by atoms with Crippen LogP contribution in [0.25, 0.3) is 0 Å². The van der Waals surface area contributed by atoms with E-state index in [9.17, 15) is 9.90 Å². The van der Waals surface area contributed by atoms with Crippen molar-refractivity contribution >= 4 is 11.7 Å². The number of carboxylic acids is 1. The molecule has 0 aliphatic heterocycles. The van der Waals surface area contributed by atoms with E-state index in [1.54, 1.807) is 6.92 Å². The lowest BCUT2D eigenvalue weighted by Gasteiger charge is -2.35. The minimum Gasteiger partial charge on any atom is -0.478 e. The van der Waals surface area contributed by atoms with Gasteiger partial charge in [-0.2, -0.15) is 0 Å². The summed E-state index contributed by atoms with van der Waals surface area (Å²) in [6.07, 6.45) is 2.01. The zero-order valence-electron chi connectivity index (χ0n) is 14.1. The van der Waals surface area contributed by atoms with Gasteiger partial charge in [-0.1, -0.05) is 27.7 Å². The summed E-state index contributed by atoms with van der Waals surface area (Å²) in [6, 6.07) is 2.27. The van der Waals surface area contributed by atoms with Crippen LogP contribution in [0.15, 0.2) is 6.07 Å². The van der Waals surface area contributed by atoms with Gasteiger partial charge in [-0.3, -0.25) is 4.98 Å². The topological polar surface area (TPSA) is 53.4 Å². The van der Waals surface area contributed by atoms with Crippen molar-refractivity contribution < 1.29 is 9.90 Å². The van der Waals surface area contributed by atoms with Crippen molar-refractivity contribution in [2.45, 2.75) is 60.4 Å². The quantitative estimate of drug-likeness (QED) is 0.823. The molecule has 21 heavy (non-hydrogen) atoms. The summed E-state index contributed by atoms with van der Waals surface area (Å²) in [5.74, 6) is -0.421. The van der Waals surface area contributed by atoms with Crippen LogP contribution in [-0.4, -0.2) is 28.6 Å². The first kappa shape index (κ1) is 17.5. The number of aromatic carboxylic acids is 1. The number of hydrogen-bond donors (Lipinski definition) is 1. The van der Waals surface area contributed by atoms with Crippen LogP contribution >= 0.6 is 0 Å². The molecule has 1 aromatic heterocycles. The number of hydrogen-bond acceptors (Lipinski definition) is 3. The molecule has 4 heteroatoms. The molecule has 0 atom stereocenters. The van der Waals surface area contributed by atoms with E-state index in [1.807, 2.05) is 13.0 Å². The first-order valence-corrected chi connectivity index (χ1v) is 7.79. The molecule has 1 N–H and O–H groups in total. The molecule has 1 aromatic rings. The van der Waals surface area contributed by atoms with Gasteiger partial charge in [-0.15, -0.1) is 0 Å². The fraction of sp³-hybridized carbons (Fsp3) is 0.647. The van der Waals surface area contributed by atoms with Crippen molar-refractivity contribution in [1.82, 2.24) is 4.98 Å². The van der Waals surface area contributed by atoms with Crippen LogP contribution in [0.2, 0.25) is 0 Å². The third kappa shape index (κ3) is 4.19. The summed E-state index contributed by atoms with van der Waals surface area (Å²) in [4.78, 5) is 18.3. The Morgan fingerprint density at radius 2 is 1.86 bits per heavy atom. The molecule has 0 aliphatic carbocycles. The lowest BCUT2D eigenvalue weighted by Crippen LogP contribution is -2.38. The van der Waals surface area contributed by atoms with Gasteiger partial charge in [0.25, 0.3) is 0 Å². The average Bonchev–Trinajstić information content (AvgIpc) is 2.36. The Bertz CT molecular complexity index is 494. The molecule has 0 saturated carbocycles. The summed E-state index contributed by atoms with van der Waals surface area (Å²) in [7, 11) is 0. The van der Waals surface area contributed by atoms with Crippen LogP contribution in [0.3, 0.4) is 0 Å². The second kappa shape index (κ2) is 7.43. The van der Waals surface area contributed by atoms with Crippen molar-refractivity contribution in [3.8, 4) is 0 Å². The molecule has 0 amide bonds. The maximum atomic E-state index is 11.7. The van der Waals surface area contributed by atoms with Gasteiger partial charge < -0.3 is 10.0 Å². The number of rotatable bonds is 7. The van der Waals surface area contributed by atoms with Crippen LogP contribution in [0, 0.1) is 19.8 Å². The Labute approximate surface area is 128 Å². The van der Waals surface area contributed by atoms with E-state index in [0.29, 0.717) is 23.2 Å². The number of aromatic nitrogens is 1. The molecule has 0 unspecified atom stereocenters. The molecule has 0 aliphatic rings. The Morgan fingerprint density at radius 3 is 2.29 bits per heavy atom. The number of carboxylic acid groups (broad SMARTS) is 1. The number of nitrogens with zero attached hydrogens (tertiary/aromatic N) is 2.